The lowest BCUT2D eigenvalue weighted by molar-refractivity contribution is -0.140. The van der Waals surface area contributed by atoms with Crippen LogP contribution in [0.3, 0.4) is 0 Å². The highest BCUT2D eigenvalue weighted by molar-refractivity contribution is 5.82. The van der Waals surface area contributed by atoms with Gasteiger partial charge in [0.1, 0.15) is 6.04 Å². The van der Waals surface area contributed by atoms with E-state index in [1.165, 1.54) is 12.8 Å². The molecule has 5 nitrogen and oxygen atoms in total. The van der Waals surface area contributed by atoms with Crippen molar-refractivity contribution in [2.75, 3.05) is 0 Å². The second-order valence-electron chi connectivity index (χ2n) is 5.60. The Hall–Kier alpha value is -1.26. The van der Waals surface area contributed by atoms with Crippen LogP contribution in [0.1, 0.15) is 52.9 Å². The van der Waals surface area contributed by atoms with Crippen molar-refractivity contribution >= 4 is 12.0 Å². The van der Waals surface area contributed by atoms with Gasteiger partial charge in [0.15, 0.2) is 0 Å². The van der Waals surface area contributed by atoms with Gasteiger partial charge in [0.2, 0.25) is 0 Å². The maximum Gasteiger partial charge on any atom is 0.326 e. The van der Waals surface area contributed by atoms with Crippen molar-refractivity contribution in [2.45, 2.75) is 65.0 Å². The van der Waals surface area contributed by atoms with Crippen LogP contribution in [-0.2, 0) is 4.79 Å². The Kier molecular flexibility index (Phi) is 6.12. The number of carbonyl (C=O) groups is 2. The monoisotopic (exact) mass is 270 g/mol. The van der Waals surface area contributed by atoms with Gasteiger partial charge in [-0.15, -0.1) is 0 Å². The van der Waals surface area contributed by atoms with Gasteiger partial charge in [0.05, 0.1) is 0 Å². The van der Waals surface area contributed by atoms with E-state index < -0.39 is 12.0 Å². The van der Waals surface area contributed by atoms with Gasteiger partial charge in [-0.3, -0.25) is 0 Å². The van der Waals surface area contributed by atoms with E-state index in [4.69, 9.17) is 5.11 Å². The first-order valence-corrected chi connectivity index (χ1v) is 7.27. The molecule has 1 saturated carbocycles. The number of carbonyl (C=O) groups excluding carboxylic acids is 1. The van der Waals surface area contributed by atoms with E-state index in [0.29, 0.717) is 0 Å². The van der Waals surface area contributed by atoms with E-state index in [2.05, 4.69) is 10.6 Å². The van der Waals surface area contributed by atoms with Crippen molar-refractivity contribution in [3.63, 3.8) is 0 Å². The molecular formula is C14H26N2O3. The van der Waals surface area contributed by atoms with Crippen molar-refractivity contribution in [1.82, 2.24) is 10.6 Å². The van der Waals surface area contributed by atoms with Crippen LogP contribution in [0.25, 0.3) is 0 Å². The van der Waals surface area contributed by atoms with Crippen LogP contribution >= 0.6 is 0 Å². The third-order valence-electron chi connectivity index (χ3n) is 3.91. The van der Waals surface area contributed by atoms with Gasteiger partial charge in [-0.05, 0) is 24.7 Å². The molecule has 3 atom stereocenters. The van der Waals surface area contributed by atoms with E-state index >= 15 is 0 Å². The Morgan fingerprint density at radius 3 is 2.26 bits per heavy atom. The fraction of sp³-hybridized carbons (Fsp3) is 0.857. The number of aliphatic carboxylic acids is 1. The zero-order valence-electron chi connectivity index (χ0n) is 12.1. The summed E-state index contributed by atoms with van der Waals surface area (Å²) in [7, 11) is 0. The lowest BCUT2D eigenvalue weighted by Crippen LogP contribution is -2.51. The molecule has 0 aromatic heterocycles. The van der Waals surface area contributed by atoms with Gasteiger partial charge in [0.25, 0.3) is 0 Å². The van der Waals surface area contributed by atoms with Crippen molar-refractivity contribution in [2.24, 2.45) is 11.8 Å². The van der Waals surface area contributed by atoms with Crippen molar-refractivity contribution in [3.8, 4) is 0 Å². The van der Waals surface area contributed by atoms with Crippen LogP contribution in [0.2, 0.25) is 0 Å². The fourth-order valence-electron chi connectivity index (χ4n) is 2.13. The Bertz CT molecular complexity index is 316. The summed E-state index contributed by atoms with van der Waals surface area (Å²) in [6.45, 7) is 5.79. The fourth-order valence-corrected chi connectivity index (χ4v) is 2.13. The average Bonchev–Trinajstić information content (AvgIpc) is 3.17. The molecule has 3 N–H and O–H groups in total. The molecule has 2 amide bonds. The summed E-state index contributed by atoms with van der Waals surface area (Å²) in [5.74, 6) is -0.304. The van der Waals surface area contributed by atoms with Crippen LogP contribution in [0.15, 0.2) is 0 Å². The molecule has 2 unspecified atom stereocenters. The number of urea groups is 1. The lowest BCUT2D eigenvalue weighted by atomic mass is 9.99. The molecule has 1 aliphatic rings. The topological polar surface area (TPSA) is 78.4 Å². The quantitative estimate of drug-likeness (QED) is 0.633. The number of carboxylic acids is 1. The molecule has 0 aromatic rings. The molecule has 0 radical (unpaired) electrons. The average molecular weight is 270 g/mol. The molecule has 19 heavy (non-hydrogen) atoms. The Labute approximate surface area is 115 Å². The molecule has 0 bridgehead atoms. The van der Waals surface area contributed by atoms with E-state index in [0.717, 1.165) is 25.2 Å². The van der Waals surface area contributed by atoms with Crippen molar-refractivity contribution in [1.29, 1.82) is 0 Å². The van der Waals surface area contributed by atoms with Crippen LogP contribution < -0.4 is 10.6 Å². The molecule has 1 fully saturated rings. The largest absolute Gasteiger partial charge is 0.480 e. The minimum Gasteiger partial charge on any atom is -0.480 e. The summed E-state index contributed by atoms with van der Waals surface area (Å²) in [6, 6.07) is -1.03. The molecule has 5 heteroatoms. The van der Waals surface area contributed by atoms with E-state index in [1.807, 2.05) is 20.8 Å². The van der Waals surface area contributed by atoms with E-state index in [-0.39, 0.29) is 18.0 Å². The molecule has 1 aliphatic carbocycles. The highest BCUT2D eigenvalue weighted by atomic mass is 16.4. The smallest absolute Gasteiger partial charge is 0.326 e. The zero-order chi connectivity index (χ0) is 14.4. The maximum absolute atomic E-state index is 11.9. The lowest BCUT2D eigenvalue weighted by Gasteiger charge is -2.23. The standard InChI is InChI=1S/C14H26N2O3/c1-4-9(3)12(13(17)18)16-14(19)15-11(5-2)8-10-6-7-10/h9-12H,4-8H2,1-3H3,(H,17,18)(H2,15,16,19)/t9?,11?,12-/m0/s1. The first kappa shape index (κ1) is 15.8. The first-order chi connectivity index (χ1) is 8.97. The van der Waals surface area contributed by atoms with Crippen LogP contribution in [0.4, 0.5) is 4.79 Å². The maximum atomic E-state index is 11.9. The van der Waals surface area contributed by atoms with Crippen LogP contribution in [0, 0.1) is 11.8 Å². The Balaban J connectivity index is 2.43. The number of nitrogens with one attached hydrogen (secondary N) is 2. The minimum atomic E-state index is -0.972. The molecule has 110 valence electrons. The van der Waals surface area contributed by atoms with Gasteiger partial charge in [0, 0.05) is 6.04 Å². The van der Waals surface area contributed by atoms with Gasteiger partial charge in [-0.1, -0.05) is 40.0 Å². The molecular weight excluding hydrogens is 244 g/mol. The SMILES string of the molecule is CCC(CC1CC1)NC(=O)N[C@H](C(=O)O)C(C)CC. The number of hydrogen-bond acceptors (Lipinski definition) is 2. The predicted molar refractivity (Wildman–Crippen MR) is 74.0 cm³/mol. The van der Waals surface area contributed by atoms with E-state index in [9.17, 15) is 9.59 Å². The Morgan fingerprint density at radius 1 is 1.21 bits per heavy atom. The van der Waals surface area contributed by atoms with Gasteiger partial charge in [-0.2, -0.15) is 0 Å². The molecule has 0 heterocycles. The normalized spacial score (nSPS) is 19.3. The molecule has 0 saturated heterocycles. The summed E-state index contributed by atoms with van der Waals surface area (Å²) in [5, 5.41) is 14.6. The van der Waals surface area contributed by atoms with Crippen molar-refractivity contribution in [3.05, 3.63) is 0 Å². The van der Waals surface area contributed by atoms with E-state index in [1.54, 1.807) is 0 Å². The Morgan fingerprint density at radius 2 is 1.84 bits per heavy atom. The van der Waals surface area contributed by atoms with Crippen molar-refractivity contribution < 1.29 is 14.7 Å². The number of amides is 2. The molecule has 0 aliphatic heterocycles. The second kappa shape index (κ2) is 7.36. The summed E-state index contributed by atoms with van der Waals surface area (Å²) < 4.78 is 0. The highest BCUT2D eigenvalue weighted by Gasteiger charge is 2.28. The number of rotatable bonds is 8. The molecule has 0 spiro atoms. The summed E-state index contributed by atoms with van der Waals surface area (Å²) in [5.41, 5.74) is 0. The van der Waals surface area contributed by atoms with Crippen LogP contribution in [-0.4, -0.2) is 29.2 Å². The van der Waals surface area contributed by atoms with Gasteiger partial charge in [-0.25, -0.2) is 9.59 Å². The van der Waals surface area contributed by atoms with Gasteiger partial charge >= 0.3 is 12.0 Å². The molecule has 0 aromatic carbocycles. The molecule has 1 rings (SSSR count). The summed E-state index contributed by atoms with van der Waals surface area (Å²) in [4.78, 5) is 23.0. The number of carboxylic acid groups (broad SMARTS) is 1. The third-order valence-corrected chi connectivity index (χ3v) is 3.91. The summed E-state index contributed by atoms with van der Waals surface area (Å²) in [6.07, 6.45) is 5.11. The number of hydrogen-bond donors (Lipinski definition) is 3. The zero-order valence-corrected chi connectivity index (χ0v) is 12.1. The third kappa shape index (κ3) is 5.49. The summed E-state index contributed by atoms with van der Waals surface area (Å²) >= 11 is 0. The van der Waals surface area contributed by atoms with Gasteiger partial charge < -0.3 is 15.7 Å². The first-order valence-electron chi connectivity index (χ1n) is 7.27. The predicted octanol–water partition coefficient (Wildman–Crippen LogP) is 2.36. The minimum absolute atomic E-state index is 0.0771. The second-order valence-corrected chi connectivity index (χ2v) is 5.60. The highest BCUT2D eigenvalue weighted by Crippen LogP contribution is 2.33. The van der Waals surface area contributed by atoms with Crippen LogP contribution in [0.5, 0.6) is 0 Å².